The van der Waals surface area contributed by atoms with E-state index in [1.165, 1.54) is 83.5 Å². The minimum atomic E-state index is -0.222. The highest BCUT2D eigenvalue weighted by atomic mass is 16.3. The summed E-state index contributed by atoms with van der Waals surface area (Å²) in [6.45, 7) is 6.41. The second kappa shape index (κ2) is 11.4. The van der Waals surface area contributed by atoms with E-state index in [9.17, 15) is 5.11 Å². The largest absolute Gasteiger partial charge is 0.388 e. The number of aliphatic hydroxyl groups excluding tert-OH is 1. The number of hydrogen-bond acceptors (Lipinski definition) is 1. The van der Waals surface area contributed by atoms with Gasteiger partial charge in [0.05, 0.1) is 6.10 Å². The second-order valence-corrected chi connectivity index (χ2v) is 6.73. The van der Waals surface area contributed by atoms with Gasteiger partial charge in [0.2, 0.25) is 0 Å². The van der Waals surface area contributed by atoms with Crippen molar-refractivity contribution in [3.63, 3.8) is 0 Å². The molecule has 1 nitrogen and oxygen atoms in total. The number of hydrogen-bond donors (Lipinski definition) is 1. The highest BCUT2D eigenvalue weighted by Gasteiger charge is 2.23. The first-order valence-electron chi connectivity index (χ1n) is 9.11. The van der Waals surface area contributed by atoms with Gasteiger partial charge in [0.1, 0.15) is 0 Å². The van der Waals surface area contributed by atoms with Crippen LogP contribution >= 0.6 is 0 Å². The smallest absolute Gasteiger partial charge is 0.0775 e. The third kappa shape index (κ3) is 7.47. The van der Waals surface area contributed by atoms with Gasteiger partial charge in [-0.25, -0.2) is 0 Å². The Bertz CT molecular complexity index is 240. The molecule has 1 aliphatic carbocycles. The van der Waals surface area contributed by atoms with Crippen LogP contribution in [-0.2, 0) is 0 Å². The molecule has 118 valence electrons. The molecule has 0 aliphatic heterocycles. The molecule has 20 heavy (non-hydrogen) atoms. The van der Waals surface area contributed by atoms with Crippen molar-refractivity contribution in [1.29, 1.82) is 0 Å². The van der Waals surface area contributed by atoms with Crippen LogP contribution in [0.15, 0.2) is 12.2 Å². The Labute approximate surface area is 126 Å². The van der Waals surface area contributed by atoms with Crippen LogP contribution in [0.5, 0.6) is 0 Å². The third-order valence-electron chi connectivity index (χ3n) is 4.87. The zero-order valence-electron chi connectivity index (χ0n) is 13.7. The maximum absolute atomic E-state index is 10.3. The minimum Gasteiger partial charge on any atom is -0.388 e. The number of aliphatic hydroxyl groups is 1. The summed E-state index contributed by atoms with van der Waals surface area (Å²) in [5.41, 5.74) is 1.10. The number of unbranched alkanes of at least 4 members (excludes halogenated alkanes) is 7. The Morgan fingerprint density at radius 1 is 0.950 bits per heavy atom. The van der Waals surface area contributed by atoms with E-state index in [0.717, 1.165) is 12.0 Å². The topological polar surface area (TPSA) is 20.2 Å². The summed E-state index contributed by atoms with van der Waals surface area (Å²) in [4.78, 5) is 0. The summed E-state index contributed by atoms with van der Waals surface area (Å²) < 4.78 is 0. The van der Waals surface area contributed by atoms with E-state index in [4.69, 9.17) is 0 Å². The van der Waals surface area contributed by atoms with Crippen LogP contribution < -0.4 is 0 Å². The monoisotopic (exact) mass is 280 g/mol. The standard InChI is InChI=1S/C19H36O/c1-3-4-5-6-7-8-9-11-14-17(2)19(20)18-15-12-10-13-16-18/h18-20H,2-16H2,1H3. The molecule has 1 unspecified atom stereocenters. The molecule has 0 saturated heterocycles. The molecule has 0 amide bonds. The van der Waals surface area contributed by atoms with Gasteiger partial charge in [-0.05, 0) is 37.2 Å². The lowest BCUT2D eigenvalue weighted by atomic mass is 9.82. The van der Waals surface area contributed by atoms with E-state index in [0.29, 0.717) is 5.92 Å². The maximum atomic E-state index is 10.3. The Kier molecular flexibility index (Phi) is 10.1. The predicted molar refractivity (Wildman–Crippen MR) is 88.9 cm³/mol. The van der Waals surface area contributed by atoms with Crippen LogP contribution in [0.2, 0.25) is 0 Å². The predicted octanol–water partition coefficient (Wildman–Crippen LogP) is 6.01. The Morgan fingerprint density at radius 2 is 1.50 bits per heavy atom. The highest BCUT2D eigenvalue weighted by molar-refractivity contribution is 5.04. The molecule has 1 aliphatic rings. The molecule has 1 saturated carbocycles. The van der Waals surface area contributed by atoms with Crippen LogP contribution in [0, 0.1) is 5.92 Å². The lowest BCUT2D eigenvalue weighted by Gasteiger charge is -2.28. The third-order valence-corrected chi connectivity index (χ3v) is 4.87. The van der Waals surface area contributed by atoms with Gasteiger partial charge in [-0.2, -0.15) is 0 Å². The lowest BCUT2D eigenvalue weighted by molar-refractivity contribution is 0.112. The minimum absolute atomic E-state index is 0.222. The molecule has 0 aromatic heterocycles. The molecule has 1 rings (SSSR count). The van der Waals surface area contributed by atoms with Gasteiger partial charge >= 0.3 is 0 Å². The van der Waals surface area contributed by atoms with Crippen molar-refractivity contribution in [1.82, 2.24) is 0 Å². The van der Waals surface area contributed by atoms with E-state index in [-0.39, 0.29) is 6.10 Å². The molecule has 1 atom stereocenters. The SMILES string of the molecule is C=C(CCCCCCCCCC)C(O)C1CCCCC1. The van der Waals surface area contributed by atoms with Crippen molar-refractivity contribution >= 4 is 0 Å². The molecule has 1 heteroatoms. The molecule has 0 aromatic rings. The maximum Gasteiger partial charge on any atom is 0.0775 e. The normalized spacial score (nSPS) is 18.1. The molecular weight excluding hydrogens is 244 g/mol. The van der Waals surface area contributed by atoms with E-state index in [2.05, 4.69) is 13.5 Å². The molecule has 0 spiro atoms. The van der Waals surface area contributed by atoms with Crippen molar-refractivity contribution in [2.75, 3.05) is 0 Å². The first-order valence-corrected chi connectivity index (χ1v) is 9.11. The molecule has 0 radical (unpaired) electrons. The van der Waals surface area contributed by atoms with E-state index in [1.807, 2.05) is 0 Å². The van der Waals surface area contributed by atoms with Crippen LogP contribution in [0.3, 0.4) is 0 Å². The Balaban J connectivity index is 1.99. The number of rotatable bonds is 11. The lowest BCUT2D eigenvalue weighted by Crippen LogP contribution is -2.24. The van der Waals surface area contributed by atoms with Crippen LogP contribution in [0.1, 0.15) is 96.8 Å². The zero-order chi connectivity index (χ0) is 14.6. The van der Waals surface area contributed by atoms with E-state index >= 15 is 0 Å². The molecule has 0 heterocycles. The molecule has 0 bridgehead atoms. The van der Waals surface area contributed by atoms with Gasteiger partial charge in [-0.15, -0.1) is 0 Å². The zero-order valence-corrected chi connectivity index (χ0v) is 13.7. The molecule has 0 aromatic carbocycles. The summed E-state index contributed by atoms with van der Waals surface area (Å²) in [7, 11) is 0. The Morgan fingerprint density at radius 3 is 2.10 bits per heavy atom. The van der Waals surface area contributed by atoms with Gasteiger partial charge < -0.3 is 5.11 Å². The molecule has 1 fully saturated rings. The summed E-state index contributed by atoms with van der Waals surface area (Å²) in [5.74, 6) is 0.505. The van der Waals surface area contributed by atoms with E-state index in [1.54, 1.807) is 0 Å². The molecule has 1 N–H and O–H groups in total. The van der Waals surface area contributed by atoms with E-state index < -0.39 is 0 Å². The summed E-state index contributed by atoms with van der Waals surface area (Å²) in [6, 6.07) is 0. The van der Waals surface area contributed by atoms with Gasteiger partial charge in [0.15, 0.2) is 0 Å². The van der Waals surface area contributed by atoms with Crippen molar-refractivity contribution in [2.45, 2.75) is 103 Å². The summed E-state index contributed by atoms with van der Waals surface area (Å²) >= 11 is 0. The van der Waals surface area contributed by atoms with Crippen LogP contribution in [-0.4, -0.2) is 11.2 Å². The first-order chi connectivity index (χ1) is 9.75. The molecular formula is C19H36O. The summed E-state index contributed by atoms with van der Waals surface area (Å²) in [6.07, 6.45) is 18.0. The first kappa shape index (κ1) is 17.8. The average Bonchev–Trinajstić information content (AvgIpc) is 2.50. The van der Waals surface area contributed by atoms with Gasteiger partial charge in [0, 0.05) is 0 Å². The van der Waals surface area contributed by atoms with Gasteiger partial charge in [0.25, 0.3) is 0 Å². The fraction of sp³-hybridized carbons (Fsp3) is 0.895. The van der Waals surface area contributed by atoms with Crippen molar-refractivity contribution in [3.05, 3.63) is 12.2 Å². The highest BCUT2D eigenvalue weighted by Crippen LogP contribution is 2.30. The van der Waals surface area contributed by atoms with Crippen molar-refractivity contribution in [3.8, 4) is 0 Å². The van der Waals surface area contributed by atoms with Crippen LogP contribution in [0.4, 0.5) is 0 Å². The summed E-state index contributed by atoms with van der Waals surface area (Å²) in [5, 5.41) is 10.3. The quantitative estimate of drug-likeness (QED) is 0.363. The Hall–Kier alpha value is -0.300. The van der Waals surface area contributed by atoms with Crippen molar-refractivity contribution < 1.29 is 5.11 Å². The average molecular weight is 280 g/mol. The van der Waals surface area contributed by atoms with Crippen molar-refractivity contribution in [2.24, 2.45) is 5.92 Å². The fourth-order valence-corrected chi connectivity index (χ4v) is 3.42. The fourth-order valence-electron chi connectivity index (χ4n) is 3.42. The van der Waals surface area contributed by atoms with Crippen LogP contribution in [0.25, 0.3) is 0 Å². The van der Waals surface area contributed by atoms with Gasteiger partial charge in [-0.1, -0.05) is 77.7 Å². The second-order valence-electron chi connectivity index (χ2n) is 6.73. The van der Waals surface area contributed by atoms with Gasteiger partial charge in [-0.3, -0.25) is 0 Å².